The molecule has 0 bridgehead atoms. The molecule has 1 heterocycles. The molecule has 21 heavy (non-hydrogen) atoms. The van der Waals surface area contributed by atoms with Crippen molar-refractivity contribution in [2.24, 2.45) is 0 Å². The summed E-state index contributed by atoms with van der Waals surface area (Å²) < 4.78 is 0. The van der Waals surface area contributed by atoms with E-state index in [2.05, 4.69) is 24.4 Å². The highest BCUT2D eigenvalue weighted by Gasteiger charge is 2.15. The largest absolute Gasteiger partial charge is 0.325 e. The van der Waals surface area contributed by atoms with Gasteiger partial charge in [-0.2, -0.15) is 5.26 Å². The Morgan fingerprint density at radius 1 is 1.43 bits per heavy atom. The molecule has 1 amide bonds. The van der Waals surface area contributed by atoms with Crippen molar-refractivity contribution >= 4 is 22.9 Å². The van der Waals surface area contributed by atoms with Crippen LogP contribution >= 0.6 is 11.3 Å². The minimum absolute atomic E-state index is 0.0870. The molecule has 0 radical (unpaired) electrons. The average molecular weight is 299 g/mol. The van der Waals surface area contributed by atoms with E-state index in [1.165, 1.54) is 4.88 Å². The summed E-state index contributed by atoms with van der Waals surface area (Å²) in [7, 11) is 1.93. The van der Waals surface area contributed by atoms with Gasteiger partial charge in [0.15, 0.2) is 0 Å². The molecule has 0 spiro atoms. The number of likely N-dealkylation sites (N-methyl/N-ethyl adjacent to an activating group) is 1. The Morgan fingerprint density at radius 3 is 2.90 bits per heavy atom. The summed E-state index contributed by atoms with van der Waals surface area (Å²) in [5.74, 6) is -0.0870. The predicted molar refractivity (Wildman–Crippen MR) is 85.2 cm³/mol. The number of thiophene rings is 1. The lowest BCUT2D eigenvalue weighted by Gasteiger charge is -2.23. The van der Waals surface area contributed by atoms with E-state index in [1.54, 1.807) is 35.6 Å². The molecule has 2 aromatic rings. The van der Waals surface area contributed by atoms with Crippen molar-refractivity contribution in [3.05, 3.63) is 52.2 Å². The second kappa shape index (κ2) is 7.02. The number of nitrogens with zero attached hydrogens (tertiary/aromatic N) is 2. The molecule has 1 unspecified atom stereocenters. The number of carbonyl (C=O) groups is 1. The Balaban J connectivity index is 1.93. The van der Waals surface area contributed by atoms with Gasteiger partial charge in [0.25, 0.3) is 0 Å². The summed E-state index contributed by atoms with van der Waals surface area (Å²) >= 11 is 1.69. The molecule has 0 saturated carbocycles. The number of hydrogen-bond donors (Lipinski definition) is 1. The van der Waals surface area contributed by atoms with Gasteiger partial charge in [-0.1, -0.05) is 12.1 Å². The van der Waals surface area contributed by atoms with E-state index in [0.717, 1.165) is 0 Å². The number of benzene rings is 1. The van der Waals surface area contributed by atoms with Gasteiger partial charge in [0.1, 0.15) is 0 Å². The van der Waals surface area contributed by atoms with E-state index < -0.39 is 0 Å². The summed E-state index contributed by atoms with van der Waals surface area (Å²) in [4.78, 5) is 15.3. The lowest BCUT2D eigenvalue weighted by Crippen LogP contribution is -2.31. The molecule has 1 atom stereocenters. The number of anilines is 1. The molecule has 1 aromatic heterocycles. The van der Waals surface area contributed by atoms with Crippen molar-refractivity contribution in [1.82, 2.24) is 4.90 Å². The number of rotatable bonds is 5. The van der Waals surface area contributed by atoms with Crippen LogP contribution < -0.4 is 5.32 Å². The van der Waals surface area contributed by atoms with Crippen molar-refractivity contribution in [2.75, 3.05) is 18.9 Å². The first-order valence-electron chi connectivity index (χ1n) is 6.64. The van der Waals surface area contributed by atoms with Crippen LogP contribution in [0.25, 0.3) is 0 Å². The lowest BCUT2D eigenvalue weighted by molar-refractivity contribution is -0.117. The summed E-state index contributed by atoms with van der Waals surface area (Å²) in [6, 6.07) is 13.2. The van der Waals surface area contributed by atoms with Crippen LogP contribution in [0.2, 0.25) is 0 Å². The van der Waals surface area contributed by atoms with Crippen LogP contribution in [0, 0.1) is 11.3 Å². The number of nitriles is 1. The average Bonchev–Trinajstić information content (AvgIpc) is 3.00. The van der Waals surface area contributed by atoms with Gasteiger partial charge in [-0.3, -0.25) is 9.69 Å². The predicted octanol–water partition coefficient (Wildman–Crippen LogP) is 3.25. The zero-order chi connectivity index (χ0) is 15.2. The molecular weight excluding hydrogens is 282 g/mol. The second-order valence-electron chi connectivity index (χ2n) is 4.85. The maximum Gasteiger partial charge on any atom is 0.238 e. The van der Waals surface area contributed by atoms with Crippen molar-refractivity contribution in [3.63, 3.8) is 0 Å². The van der Waals surface area contributed by atoms with E-state index in [9.17, 15) is 4.79 Å². The van der Waals surface area contributed by atoms with E-state index in [4.69, 9.17) is 5.26 Å². The van der Waals surface area contributed by atoms with Crippen LogP contribution in [0.1, 0.15) is 23.4 Å². The van der Waals surface area contributed by atoms with Gasteiger partial charge in [0.2, 0.25) is 5.91 Å². The zero-order valence-electron chi connectivity index (χ0n) is 12.0. The summed E-state index contributed by atoms with van der Waals surface area (Å²) in [5, 5.41) is 13.7. The first-order chi connectivity index (χ1) is 10.1. The van der Waals surface area contributed by atoms with Crippen LogP contribution in [-0.2, 0) is 4.79 Å². The third-order valence-electron chi connectivity index (χ3n) is 3.28. The minimum atomic E-state index is -0.0870. The van der Waals surface area contributed by atoms with Gasteiger partial charge >= 0.3 is 0 Å². The third-order valence-corrected chi connectivity index (χ3v) is 4.33. The summed E-state index contributed by atoms with van der Waals surface area (Å²) in [6.07, 6.45) is 0. The molecule has 1 N–H and O–H groups in total. The molecule has 5 heteroatoms. The quantitative estimate of drug-likeness (QED) is 0.922. The van der Waals surface area contributed by atoms with Crippen LogP contribution in [0.5, 0.6) is 0 Å². The Bertz CT molecular complexity index is 646. The SMILES string of the molecule is CC(c1cccs1)N(C)CC(=O)Nc1cccc(C#N)c1. The first kappa shape index (κ1) is 15.2. The second-order valence-corrected chi connectivity index (χ2v) is 5.83. The zero-order valence-corrected chi connectivity index (χ0v) is 12.9. The molecule has 0 aliphatic heterocycles. The van der Waals surface area contributed by atoms with Crippen LogP contribution in [0.15, 0.2) is 41.8 Å². The molecule has 0 aliphatic carbocycles. The monoisotopic (exact) mass is 299 g/mol. The smallest absolute Gasteiger partial charge is 0.238 e. The fourth-order valence-electron chi connectivity index (χ4n) is 1.98. The molecule has 4 nitrogen and oxygen atoms in total. The molecule has 0 fully saturated rings. The molecule has 2 rings (SSSR count). The highest BCUT2D eigenvalue weighted by Crippen LogP contribution is 2.23. The fraction of sp³-hybridized carbons (Fsp3) is 0.250. The van der Waals surface area contributed by atoms with Crippen molar-refractivity contribution < 1.29 is 4.79 Å². The van der Waals surface area contributed by atoms with Crippen molar-refractivity contribution in [1.29, 1.82) is 5.26 Å². The number of hydrogen-bond acceptors (Lipinski definition) is 4. The van der Waals surface area contributed by atoms with Gasteiger partial charge in [-0.25, -0.2) is 0 Å². The highest BCUT2D eigenvalue weighted by atomic mass is 32.1. The lowest BCUT2D eigenvalue weighted by atomic mass is 10.2. The maximum absolute atomic E-state index is 12.1. The van der Waals surface area contributed by atoms with E-state index in [0.29, 0.717) is 17.8 Å². The molecular formula is C16H17N3OS. The van der Waals surface area contributed by atoms with E-state index >= 15 is 0 Å². The van der Waals surface area contributed by atoms with Gasteiger partial charge in [-0.15, -0.1) is 11.3 Å². The number of carbonyl (C=O) groups excluding carboxylic acids is 1. The topological polar surface area (TPSA) is 56.1 Å². The molecule has 1 aromatic carbocycles. The Hall–Kier alpha value is -2.16. The van der Waals surface area contributed by atoms with Crippen LogP contribution in [0.3, 0.4) is 0 Å². The maximum atomic E-state index is 12.1. The molecule has 0 saturated heterocycles. The Kier molecular flexibility index (Phi) is 5.09. The van der Waals surface area contributed by atoms with Gasteiger partial charge in [-0.05, 0) is 43.6 Å². The van der Waals surface area contributed by atoms with Crippen LogP contribution in [-0.4, -0.2) is 24.4 Å². The fourth-order valence-corrected chi connectivity index (χ4v) is 2.82. The highest BCUT2D eigenvalue weighted by molar-refractivity contribution is 7.10. The number of amides is 1. The standard InChI is InChI=1S/C16H17N3OS/c1-12(15-7-4-8-21-15)19(2)11-16(20)18-14-6-3-5-13(9-14)10-17/h3-9,12H,11H2,1-2H3,(H,18,20). The van der Waals surface area contributed by atoms with Crippen LogP contribution in [0.4, 0.5) is 5.69 Å². The van der Waals surface area contributed by atoms with Gasteiger partial charge < -0.3 is 5.32 Å². The Labute approximate surface area is 128 Å². The van der Waals surface area contributed by atoms with Crippen molar-refractivity contribution in [3.8, 4) is 6.07 Å². The normalized spacial score (nSPS) is 11.9. The first-order valence-corrected chi connectivity index (χ1v) is 7.52. The number of nitrogens with one attached hydrogen (secondary N) is 1. The minimum Gasteiger partial charge on any atom is -0.325 e. The molecule has 108 valence electrons. The van der Waals surface area contributed by atoms with Gasteiger partial charge in [0, 0.05) is 16.6 Å². The summed E-state index contributed by atoms with van der Waals surface area (Å²) in [5.41, 5.74) is 1.18. The van der Waals surface area contributed by atoms with E-state index in [1.807, 2.05) is 23.4 Å². The van der Waals surface area contributed by atoms with Gasteiger partial charge in [0.05, 0.1) is 18.2 Å². The van der Waals surface area contributed by atoms with Crippen molar-refractivity contribution in [2.45, 2.75) is 13.0 Å². The van der Waals surface area contributed by atoms with E-state index in [-0.39, 0.29) is 11.9 Å². The summed E-state index contributed by atoms with van der Waals surface area (Å²) in [6.45, 7) is 2.38. The molecule has 0 aliphatic rings. The third kappa shape index (κ3) is 4.15. The Morgan fingerprint density at radius 2 is 2.24 bits per heavy atom.